The number of anilines is 3. The van der Waals surface area contributed by atoms with E-state index in [4.69, 9.17) is 10.2 Å². The zero-order valence-corrected chi connectivity index (χ0v) is 84.5. The molecular formula is C115H108BrF8N5O18S. The van der Waals surface area contributed by atoms with Gasteiger partial charge in [0.25, 0.3) is 0 Å². The van der Waals surface area contributed by atoms with Crippen LogP contribution in [0.1, 0.15) is 212 Å². The Morgan fingerprint density at radius 1 is 0.419 bits per heavy atom. The van der Waals surface area contributed by atoms with E-state index in [9.17, 15) is 69.0 Å². The minimum Gasteiger partial charge on any atom is -0.508 e. The van der Waals surface area contributed by atoms with E-state index in [1.807, 2.05) is 59.1 Å². The molecule has 6 aliphatic rings. The highest BCUT2D eigenvalue weighted by molar-refractivity contribution is 9.10. The number of hydrogen-bond donors (Lipinski definition) is 3. The predicted octanol–water partition coefficient (Wildman–Crippen LogP) is 24.4. The average Bonchev–Trinajstić information content (AvgIpc) is 1.05. The number of nitrogens with zero attached hydrogens (tertiary/aromatic N) is 5. The molecule has 0 spiro atoms. The van der Waals surface area contributed by atoms with Crippen LogP contribution in [0, 0.1) is 29.1 Å². The summed E-state index contributed by atoms with van der Waals surface area (Å²) >= 11 is 3.01. The van der Waals surface area contributed by atoms with E-state index in [1.54, 1.807) is 42.5 Å². The predicted molar refractivity (Wildman–Crippen MR) is 551 cm³/mol. The van der Waals surface area contributed by atoms with Crippen molar-refractivity contribution in [2.75, 3.05) is 50.2 Å². The van der Waals surface area contributed by atoms with Gasteiger partial charge in [-0.3, -0.25) is 4.68 Å². The molecule has 3 saturated carbocycles. The number of aromatic hydroxyl groups is 1. The fraction of sp³-hybridized carbons (Fsp3) is 0.252. The van der Waals surface area contributed by atoms with Gasteiger partial charge in [-0.2, -0.15) is 26.7 Å². The molecule has 11 aromatic carbocycles. The Hall–Kier alpha value is -15.5. The summed E-state index contributed by atoms with van der Waals surface area (Å²) in [7, 11) is 0.548. The second-order valence-corrected chi connectivity index (χ2v) is 38.3. The number of halogens is 9. The van der Waals surface area contributed by atoms with Gasteiger partial charge in [-0.25, -0.2) is 55.5 Å². The van der Waals surface area contributed by atoms with Crippen molar-refractivity contribution in [3.8, 4) is 22.6 Å². The lowest BCUT2D eigenvalue weighted by Gasteiger charge is -2.44. The number of esters is 5. The van der Waals surface area contributed by atoms with Crippen LogP contribution in [0.3, 0.4) is 0 Å². The number of benzene rings is 11. The van der Waals surface area contributed by atoms with E-state index in [0.717, 1.165) is 114 Å². The second-order valence-electron chi connectivity index (χ2n) is 35.9. The van der Waals surface area contributed by atoms with Gasteiger partial charge in [0.2, 0.25) is 0 Å². The van der Waals surface area contributed by atoms with E-state index in [2.05, 4.69) is 171 Å². The number of phenols is 1. The normalized spacial score (nSPS) is 17.0. The van der Waals surface area contributed by atoms with Gasteiger partial charge in [0.15, 0.2) is 0 Å². The maximum Gasteiger partial charge on any atom is 0.534 e. The molecule has 148 heavy (non-hydrogen) atoms. The van der Waals surface area contributed by atoms with Gasteiger partial charge >= 0.3 is 57.4 Å². The Morgan fingerprint density at radius 2 is 0.750 bits per heavy atom. The SMILES string of the molecule is C=CC(=O)OC.CCn1cc(-c2ccc3c(c2)CC(C)N(c2ccc(C4CC4)cc2)C3c2ccc(/C=C/C(=O)OC)cc2F)cn1.COC(=O)/C=C/c1ccc(C(=O)O)c(F)c1.COC(=O)/C=C/c1ccc(C2c3ccc(O)cc3CC(C)N2c2ccc(C3CC3)cc2)c(F)c1.COC(=O)/C=C/c1ccc(C2c3ccc(OS(=O)(=O)C(F)(F)F)cc3CC(C)N2c2ccc(C3CC3)cc2)c(F)c1.O=C(O)c1ccc(Br)cc1F. The van der Waals surface area contributed by atoms with Gasteiger partial charge in [-0.15, -0.1) is 0 Å². The lowest BCUT2D eigenvalue weighted by Crippen LogP contribution is -2.43. The van der Waals surface area contributed by atoms with Gasteiger partial charge in [-0.05, 0) is 315 Å². The van der Waals surface area contributed by atoms with Crippen LogP contribution >= 0.6 is 15.9 Å². The summed E-state index contributed by atoms with van der Waals surface area (Å²) < 4.78 is 164. The first kappa shape index (κ1) is 110. The van der Waals surface area contributed by atoms with E-state index in [-0.39, 0.29) is 53.2 Å². The molecule has 6 atom stereocenters. The Bertz CT molecular complexity index is 7150. The van der Waals surface area contributed by atoms with Crippen LogP contribution in [0.2, 0.25) is 0 Å². The number of methoxy groups -OCH3 is 5. The van der Waals surface area contributed by atoms with Crippen LogP contribution in [0.4, 0.5) is 52.2 Å². The number of rotatable bonds is 24. The minimum absolute atomic E-state index is 0.101. The number of carboxylic acids is 2. The van der Waals surface area contributed by atoms with Gasteiger partial charge in [-0.1, -0.05) is 132 Å². The second kappa shape index (κ2) is 49.1. The molecular weight excluding hydrogens is 2000 g/mol. The summed E-state index contributed by atoms with van der Waals surface area (Å²) in [4.78, 5) is 82.5. The number of aromatic nitrogens is 2. The molecule has 0 saturated heterocycles. The number of phenolic OH excluding ortho intramolecular Hbond substituents is 1. The largest absolute Gasteiger partial charge is 0.534 e. The number of fused-ring (bicyclic) bond motifs is 3. The van der Waals surface area contributed by atoms with Crippen molar-refractivity contribution in [1.82, 2.24) is 9.78 Å². The summed E-state index contributed by atoms with van der Waals surface area (Å²) in [6, 6.07) is 62.2. The first-order chi connectivity index (χ1) is 70.7. The summed E-state index contributed by atoms with van der Waals surface area (Å²) in [6.45, 7) is 12.3. The van der Waals surface area contributed by atoms with E-state index in [0.29, 0.717) is 78.7 Å². The van der Waals surface area contributed by atoms with Crippen LogP contribution < -0.4 is 18.9 Å². The number of aryl methyl sites for hydroxylation is 1. The molecule has 12 aromatic rings. The zero-order chi connectivity index (χ0) is 107. The van der Waals surface area contributed by atoms with Crippen LogP contribution in [0.25, 0.3) is 35.4 Å². The molecule has 3 aliphatic carbocycles. The van der Waals surface area contributed by atoms with Crippen molar-refractivity contribution in [3.63, 3.8) is 0 Å². The molecule has 23 nitrogen and oxygen atoms in total. The first-order valence-electron chi connectivity index (χ1n) is 47.3. The molecule has 4 heterocycles. The maximum atomic E-state index is 15.9. The van der Waals surface area contributed by atoms with Gasteiger partial charge in [0.1, 0.15) is 40.6 Å². The molecule has 1 aromatic heterocycles. The van der Waals surface area contributed by atoms with Gasteiger partial charge < -0.3 is 57.9 Å². The first-order valence-corrected chi connectivity index (χ1v) is 49.5. The number of carbonyl (C=O) groups excluding carboxylic acids is 5. The summed E-state index contributed by atoms with van der Waals surface area (Å²) in [5.74, 6) is -6.21. The van der Waals surface area contributed by atoms with Crippen molar-refractivity contribution in [1.29, 1.82) is 0 Å². The van der Waals surface area contributed by atoms with Gasteiger partial charge in [0, 0.05) is 105 Å². The highest BCUT2D eigenvalue weighted by Gasteiger charge is 2.49. The lowest BCUT2D eigenvalue weighted by molar-refractivity contribution is -0.135. The van der Waals surface area contributed by atoms with E-state index in [1.165, 1.54) is 162 Å². The maximum absolute atomic E-state index is 15.9. The third-order valence-electron chi connectivity index (χ3n) is 25.7. The van der Waals surface area contributed by atoms with Crippen molar-refractivity contribution in [2.24, 2.45) is 0 Å². The van der Waals surface area contributed by atoms with Crippen molar-refractivity contribution in [3.05, 3.63) is 401 Å². The highest BCUT2D eigenvalue weighted by Crippen LogP contribution is 2.50. The quantitative estimate of drug-likeness (QED) is 0.0126. The Labute approximate surface area is 860 Å². The molecule has 0 radical (unpaired) electrons. The standard InChI is InChI=1S/C34H34FN3O2.C30H27F4NO5S.C29H28FNO3.C11H9FO4.C7H4BrFO2.C4H6O2/c1-4-37-21-28(20-36-37)26-11-15-30-27(19-26)17-22(2)38(29-12-9-25(10-13-29)24-7-8-24)34(30)31-14-5-23(18-32(31)35)6-16-33(39)40-3;1-18-15-22-17-24(40-41(37,38)30(32,33)34)11-13-25(22)29(35(18)23-9-7-21(8-10-23)20-5-6-20)26-12-3-19(16-27(26)31)4-14-28(36)39-2;1-18-15-22-17-24(32)11-13-25(22)29(31(18)23-9-7-21(8-10-23)20-5-6-20)26-12-3-19(16-27(26)30)4-14-28(33)34-2;1-16-10(13)5-3-7-2-4-8(11(14)15)9(12)6-7;8-4-1-2-5(7(10)11)6(9)3-4;1-3-4(5)6-2/h5-6,9-16,18-22,24,34H,4,7-8,17H2,1-3H3;3-4,7-14,16-18,20,29H,5-6,15H2,1-2H3;3-4,7-14,16-18,20,29,32H,5-6,15H2,1-2H3;2-6H,1H3,(H,14,15);1-3H,(H,10,11);3H,1H2,2H3/b16-6+;2*14-4+;5-3+;;. The fourth-order valence-electron chi connectivity index (χ4n) is 17.9. The van der Waals surface area contributed by atoms with Crippen molar-refractivity contribution in [2.45, 2.75) is 152 Å². The number of aromatic carboxylic acids is 2. The van der Waals surface area contributed by atoms with Crippen LogP contribution in [0.5, 0.6) is 11.5 Å². The molecule has 0 amide bonds. The number of ether oxygens (including phenoxy) is 5. The van der Waals surface area contributed by atoms with E-state index >= 15 is 13.2 Å². The topological polar surface area (TPSA) is 297 Å². The van der Waals surface area contributed by atoms with Crippen LogP contribution in [-0.2, 0) is 83.6 Å². The Kier molecular flexibility index (Phi) is 36.4. The molecule has 6 unspecified atom stereocenters. The lowest BCUT2D eigenvalue weighted by atomic mass is 9.83. The Balaban J connectivity index is 0.000000161. The third kappa shape index (κ3) is 27.8. The Morgan fingerprint density at radius 3 is 1.07 bits per heavy atom. The fourth-order valence-corrected chi connectivity index (χ4v) is 18.7. The van der Waals surface area contributed by atoms with Gasteiger partial charge in [0.05, 0.1) is 71.0 Å². The third-order valence-corrected chi connectivity index (χ3v) is 27.2. The van der Waals surface area contributed by atoms with Crippen molar-refractivity contribution < 1.29 is 120 Å². The molecule has 33 heteroatoms. The van der Waals surface area contributed by atoms with Crippen molar-refractivity contribution >= 4 is 109 Å². The molecule has 770 valence electrons. The highest BCUT2D eigenvalue weighted by atomic mass is 79.9. The zero-order valence-electron chi connectivity index (χ0n) is 82.1. The molecule has 3 fully saturated rings. The molecule has 0 bridgehead atoms. The number of carbonyl (C=O) groups is 7. The number of carboxylic acid groups (broad SMARTS) is 2. The van der Waals surface area contributed by atoms with Crippen LogP contribution in [-0.4, -0.2) is 134 Å². The number of alkyl halides is 3. The molecule has 3 N–H and O–H groups in total. The van der Waals surface area contributed by atoms with E-state index < -0.39 is 92.2 Å². The summed E-state index contributed by atoms with van der Waals surface area (Å²) in [6.07, 6.45) is 25.1. The minimum atomic E-state index is -5.85. The average molecular weight is 2110 g/mol. The smallest absolute Gasteiger partial charge is 0.508 e. The summed E-state index contributed by atoms with van der Waals surface area (Å²) in [5, 5.41) is 31.5. The molecule has 18 rings (SSSR count). The van der Waals surface area contributed by atoms with Crippen LogP contribution in [0.15, 0.2) is 272 Å². The summed E-state index contributed by atoms with van der Waals surface area (Å²) in [5.41, 5.74) is 11.8. The monoisotopic (exact) mass is 2110 g/mol. The molecule has 3 aliphatic heterocycles. The number of hydrogen-bond acceptors (Lipinski definition) is 20.